The number of nitrogens with one attached hydrogen (secondary N) is 3. The normalized spacial score (nSPS) is 10.9. The van der Waals surface area contributed by atoms with Gasteiger partial charge in [-0.25, -0.2) is 4.99 Å². The predicted molar refractivity (Wildman–Crippen MR) is 106 cm³/mol. The Kier molecular flexibility index (Phi) is 7.99. The van der Waals surface area contributed by atoms with Crippen molar-refractivity contribution in [2.45, 2.75) is 13.8 Å². The Hall–Kier alpha value is -3.02. The van der Waals surface area contributed by atoms with Crippen molar-refractivity contribution in [3.63, 3.8) is 0 Å². The van der Waals surface area contributed by atoms with Gasteiger partial charge in [0.05, 0.1) is 6.54 Å². The van der Waals surface area contributed by atoms with Gasteiger partial charge in [-0.15, -0.1) is 0 Å². The van der Waals surface area contributed by atoms with Gasteiger partial charge in [-0.3, -0.25) is 4.79 Å². The van der Waals surface area contributed by atoms with Crippen LogP contribution < -0.4 is 20.7 Å². The molecule has 0 radical (unpaired) electrons. The zero-order valence-corrected chi connectivity index (χ0v) is 15.3. The highest BCUT2D eigenvalue weighted by atomic mass is 16.5. The average molecular weight is 354 g/mol. The summed E-state index contributed by atoms with van der Waals surface area (Å²) in [6.07, 6.45) is 0. The number of aryl methyl sites for hydroxylation is 1. The average Bonchev–Trinajstić information content (AvgIpc) is 2.65. The minimum Gasteiger partial charge on any atom is -0.492 e. The van der Waals surface area contributed by atoms with Crippen LogP contribution in [0.4, 0.5) is 5.69 Å². The Morgan fingerprint density at radius 2 is 1.77 bits per heavy atom. The quantitative estimate of drug-likeness (QED) is 0.387. The lowest BCUT2D eigenvalue weighted by Gasteiger charge is -2.12. The van der Waals surface area contributed by atoms with Gasteiger partial charge in [0, 0.05) is 12.2 Å². The fourth-order valence-corrected chi connectivity index (χ4v) is 2.19. The lowest BCUT2D eigenvalue weighted by atomic mass is 10.2. The highest BCUT2D eigenvalue weighted by Crippen LogP contribution is 2.10. The molecule has 1 amide bonds. The molecule has 0 saturated carbocycles. The molecular formula is C20H26N4O2. The number of carbonyl (C=O) groups excluding carboxylic acids is 1. The summed E-state index contributed by atoms with van der Waals surface area (Å²) in [6.45, 7) is 5.86. The van der Waals surface area contributed by atoms with E-state index in [1.165, 1.54) is 5.56 Å². The molecule has 2 aromatic carbocycles. The minimum atomic E-state index is -0.163. The summed E-state index contributed by atoms with van der Waals surface area (Å²) < 4.78 is 5.67. The molecule has 26 heavy (non-hydrogen) atoms. The second-order valence-electron chi connectivity index (χ2n) is 5.70. The number of nitrogens with zero attached hydrogens (tertiary/aromatic N) is 1. The zero-order valence-electron chi connectivity index (χ0n) is 15.3. The van der Waals surface area contributed by atoms with Gasteiger partial charge in [0.2, 0.25) is 5.91 Å². The van der Waals surface area contributed by atoms with Gasteiger partial charge in [-0.2, -0.15) is 0 Å². The topological polar surface area (TPSA) is 74.8 Å². The number of hydrogen-bond donors (Lipinski definition) is 3. The second-order valence-corrected chi connectivity index (χ2v) is 5.70. The third-order valence-electron chi connectivity index (χ3n) is 3.47. The Morgan fingerprint density at radius 1 is 1.04 bits per heavy atom. The van der Waals surface area contributed by atoms with E-state index in [2.05, 4.69) is 20.9 Å². The molecule has 0 aliphatic heterocycles. The number of aliphatic imine (C=N–C) groups is 1. The van der Waals surface area contributed by atoms with Crippen LogP contribution in [-0.4, -0.2) is 38.1 Å². The van der Waals surface area contributed by atoms with Crippen LogP contribution in [0.3, 0.4) is 0 Å². The molecule has 0 saturated heterocycles. The summed E-state index contributed by atoms with van der Waals surface area (Å²) in [7, 11) is 0. The van der Waals surface area contributed by atoms with E-state index in [0.717, 1.165) is 11.4 Å². The third-order valence-corrected chi connectivity index (χ3v) is 3.47. The van der Waals surface area contributed by atoms with E-state index < -0.39 is 0 Å². The predicted octanol–water partition coefficient (Wildman–Crippen LogP) is 2.57. The summed E-state index contributed by atoms with van der Waals surface area (Å²) in [5.41, 5.74) is 1.96. The smallest absolute Gasteiger partial charge is 0.246 e. The number of carbonyl (C=O) groups is 1. The van der Waals surface area contributed by atoms with E-state index in [0.29, 0.717) is 25.7 Å². The van der Waals surface area contributed by atoms with Crippen molar-refractivity contribution >= 4 is 17.6 Å². The lowest BCUT2D eigenvalue weighted by molar-refractivity contribution is -0.114. The number of benzene rings is 2. The number of guanidine groups is 1. The molecule has 0 aliphatic rings. The molecule has 0 unspecified atom stereocenters. The van der Waals surface area contributed by atoms with Gasteiger partial charge in [-0.05, 0) is 38.1 Å². The third kappa shape index (κ3) is 7.25. The maximum Gasteiger partial charge on any atom is 0.246 e. The first-order chi connectivity index (χ1) is 12.7. The van der Waals surface area contributed by atoms with Crippen molar-refractivity contribution in [1.29, 1.82) is 0 Å². The molecule has 3 N–H and O–H groups in total. The number of amides is 1. The molecule has 138 valence electrons. The molecule has 2 rings (SSSR count). The molecule has 0 aliphatic carbocycles. The maximum atomic E-state index is 12.0. The highest BCUT2D eigenvalue weighted by Gasteiger charge is 2.03. The van der Waals surface area contributed by atoms with Gasteiger partial charge in [0.25, 0.3) is 0 Å². The Labute approximate surface area is 154 Å². The van der Waals surface area contributed by atoms with Gasteiger partial charge in [-0.1, -0.05) is 35.9 Å². The summed E-state index contributed by atoms with van der Waals surface area (Å²) >= 11 is 0. The zero-order chi connectivity index (χ0) is 18.6. The molecular weight excluding hydrogens is 328 g/mol. The Balaban J connectivity index is 1.74. The van der Waals surface area contributed by atoms with E-state index in [1.807, 2.05) is 68.4 Å². The van der Waals surface area contributed by atoms with Crippen LogP contribution in [0.15, 0.2) is 59.6 Å². The number of ether oxygens (including phenoxy) is 1. The molecule has 0 spiro atoms. The van der Waals surface area contributed by atoms with Crippen molar-refractivity contribution in [2.75, 3.05) is 31.6 Å². The molecule has 6 nitrogen and oxygen atoms in total. The largest absolute Gasteiger partial charge is 0.492 e. The van der Waals surface area contributed by atoms with Crippen LogP contribution in [0.1, 0.15) is 12.5 Å². The highest BCUT2D eigenvalue weighted by molar-refractivity contribution is 5.94. The fraction of sp³-hybridized carbons (Fsp3) is 0.300. The fourth-order valence-electron chi connectivity index (χ4n) is 2.19. The number of hydrogen-bond acceptors (Lipinski definition) is 3. The SMILES string of the molecule is CCNC(=NCC(=O)Nc1ccccc1)NCCOc1ccc(C)cc1. The van der Waals surface area contributed by atoms with Crippen molar-refractivity contribution in [2.24, 2.45) is 4.99 Å². The summed E-state index contributed by atoms with van der Waals surface area (Å²) in [4.78, 5) is 16.3. The van der Waals surface area contributed by atoms with Crippen LogP contribution in [0, 0.1) is 6.92 Å². The molecule has 0 aromatic heterocycles. The van der Waals surface area contributed by atoms with Crippen LogP contribution in [0.5, 0.6) is 5.75 Å². The van der Waals surface area contributed by atoms with Crippen LogP contribution in [0.25, 0.3) is 0 Å². The van der Waals surface area contributed by atoms with E-state index in [4.69, 9.17) is 4.74 Å². The van der Waals surface area contributed by atoms with Crippen LogP contribution >= 0.6 is 0 Å². The molecule has 0 heterocycles. The first kappa shape index (κ1) is 19.3. The monoisotopic (exact) mass is 354 g/mol. The molecule has 6 heteroatoms. The summed E-state index contributed by atoms with van der Waals surface area (Å²) in [6, 6.07) is 17.3. The van der Waals surface area contributed by atoms with E-state index >= 15 is 0 Å². The Morgan fingerprint density at radius 3 is 2.46 bits per heavy atom. The number of anilines is 1. The van der Waals surface area contributed by atoms with Crippen molar-refractivity contribution in [3.8, 4) is 5.75 Å². The second kappa shape index (κ2) is 10.8. The van der Waals surface area contributed by atoms with Gasteiger partial charge in [0.1, 0.15) is 18.9 Å². The van der Waals surface area contributed by atoms with Crippen molar-refractivity contribution in [3.05, 3.63) is 60.2 Å². The van der Waals surface area contributed by atoms with E-state index in [1.54, 1.807) is 0 Å². The van der Waals surface area contributed by atoms with Gasteiger partial charge in [0.15, 0.2) is 5.96 Å². The first-order valence-electron chi connectivity index (χ1n) is 8.74. The molecule has 0 bridgehead atoms. The summed E-state index contributed by atoms with van der Waals surface area (Å²) in [5, 5.41) is 9.07. The minimum absolute atomic E-state index is 0.0447. The number of rotatable bonds is 8. The first-order valence-corrected chi connectivity index (χ1v) is 8.74. The van der Waals surface area contributed by atoms with Crippen LogP contribution in [-0.2, 0) is 4.79 Å². The van der Waals surface area contributed by atoms with E-state index in [-0.39, 0.29) is 12.5 Å². The number of para-hydroxylation sites is 1. The molecule has 0 atom stereocenters. The van der Waals surface area contributed by atoms with E-state index in [9.17, 15) is 4.79 Å². The van der Waals surface area contributed by atoms with Crippen molar-refractivity contribution < 1.29 is 9.53 Å². The summed E-state index contributed by atoms with van der Waals surface area (Å²) in [5.74, 6) is 1.26. The van der Waals surface area contributed by atoms with Gasteiger partial charge < -0.3 is 20.7 Å². The standard InChI is InChI=1S/C20H26N4O2/c1-3-21-20(22-13-14-26-18-11-9-16(2)10-12-18)23-15-19(25)24-17-7-5-4-6-8-17/h4-12H,3,13-15H2,1-2H3,(H,24,25)(H2,21,22,23). The molecule has 0 fully saturated rings. The Bertz CT molecular complexity index is 700. The maximum absolute atomic E-state index is 12.0. The van der Waals surface area contributed by atoms with Gasteiger partial charge >= 0.3 is 0 Å². The van der Waals surface area contributed by atoms with Crippen molar-refractivity contribution in [1.82, 2.24) is 10.6 Å². The lowest BCUT2D eigenvalue weighted by Crippen LogP contribution is -2.39. The molecule has 2 aromatic rings. The van der Waals surface area contributed by atoms with Crippen LogP contribution in [0.2, 0.25) is 0 Å².